The number of nitrogens with one attached hydrogen (secondary N) is 2. The molecular weight excluding hydrogens is 402 g/mol. The van der Waals surface area contributed by atoms with Crippen LogP contribution in [0.3, 0.4) is 0 Å². The normalized spacial score (nSPS) is 10.3. The highest BCUT2D eigenvalue weighted by atomic mass is 32.2. The Kier molecular flexibility index (Phi) is 7.23. The van der Waals surface area contributed by atoms with Gasteiger partial charge in [-0.3, -0.25) is 25.0 Å². The first-order valence-corrected chi connectivity index (χ1v) is 10.1. The van der Waals surface area contributed by atoms with E-state index in [1.54, 1.807) is 37.5 Å². The molecule has 1 aromatic heterocycles. The second-order valence-corrected chi connectivity index (χ2v) is 7.01. The van der Waals surface area contributed by atoms with Crippen LogP contribution in [0.1, 0.15) is 10.4 Å². The minimum Gasteiger partial charge on any atom is -0.496 e. The van der Waals surface area contributed by atoms with Crippen LogP contribution in [0, 0.1) is 0 Å². The topological polar surface area (TPSA) is 98.1 Å². The van der Waals surface area contributed by atoms with Crippen LogP contribution in [-0.4, -0.2) is 39.4 Å². The summed E-state index contributed by atoms with van der Waals surface area (Å²) in [7, 11) is 1.59. The van der Waals surface area contributed by atoms with Gasteiger partial charge >= 0.3 is 0 Å². The maximum Gasteiger partial charge on any atom is 0.269 e. The summed E-state index contributed by atoms with van der Waals surface area (Å²) in [4.78, 5) is 24.2. The van der Waals surface area contributed by atoms with Gasteiger partial charge in [-0.05, 0) is 24.3 Å². The summed E-state index contributed by atoms with van der Waals surface area (Å²) in [6.07, 6.45) is 1.73. The molecule has 154 valence electrons. The van der Waals surface area contributed by atoms with Gasteiger partial charge in [0, 0.05) is 12.1 Å². The van der Waals surface area contributed by atoms with E-state index in [0.717, 1.165) is 5.56 Å². The van der Waals surface area contributed by atoms with Crippen LogP contribution in [0.5, 0.6) is 5.75 Å². The van der Waals surface area contributed by atoms with Crippen molar-refractivity contribution in [3.8, 4) is 17.1 Å². The number of methoxy groups -OCH3 is 1. The number of benzene rings is 2. The van der Waals surface area contributed by atoms with E-state index >= 15 is 0 Å². The van der Waals surface area contributed by atoms with Crippen LogP contribution in [-0.2, 0) is 11.3 Å². The van der Waals surface area contributed by atoms with E-state index in [9.17, 15) is 9.59 Å². The Hall–Kier alpha value is -3.59. The van der Waals surface area contributed by atoms with Crippen LogP contribution in [0.2, 0.25) is 0 Å². The third kappa shape index (κ3) is 5.06. The molecule has 2 N–H and O–H groups in total. The highest BCUT2D eigenvalue weighted by Crippen LogP contribution is 2.30. The van der Waals surface area contributed by atoms with E-state index in [2.05, 4.69) is 27.6 Å². The molecule has 0 spiro atoms. The lowest BCUT2D eigenvalue weighted by molar-refractivity contribution is -0.119. The predicted octanol–water partition coefficient (Wildman–Crippen LogP) is 2.69. The average Bonchev–Trinajstić information content (AvgIpc) is 3.19. The molecule has 1 heterocycles. The van der Waals surface area contributed by atoms with Crippen LogP contribution >= 0.6 is 11.8 Å². The molecule has 0 saturated carbocycles. The summed E-state index contributed by atoms with van der Waals surface area (Å²) in [5.41, 5.74) is 6.04. The van der Waals surface area contributed by atoms with Crippen LogP contribution in [0.25, 0.3) is 11.4 Å². The van der Waals surface area contributed by atoms with E-state index in [0.29, 0.717) is 28.8 Å². The molecule has 0 aliphatic carbocycles. The number of allylic oxidation sites excluding steroid dienone is 1. The minimum absolute atomic E-state index is 0.0519. The van der Waals surface area contributed by atoms with Crippen molar-refractivity contribution in [3.63, 3.8) is 0 Å². The molecular formula is C21H21N5O3S. The standard InChI is InChI=1S/C21H21N5O3S/c1-3-13-26-19(16-11-7-8-12-17(16)29-2)23-25-21(26)30-14-18(27)22-24-20(28)15-9-5-4-6-10-15/h3-12H,1,13-14H2,2H3,(H,22,27)(H,24,28). The van der Waals surface area contributed by atoms with Crippen LogP contribution in [0.4, 0.5) is 0 Å². The predicted molar refractivity (Wildman–Crippen MR) is 115 cm³/mol. The highest BCUT2D eigenvalue weighted by Gasteiger charge is 2.17. The number of hydrazine groups is 1. The summed E-state index contributed by atoms with van der Waals surface area (Å²) in [6.45, 7) is 4.25. The fourth-order valence-electron chi connectivity index (χ4n) is 2.67. The van der Waals surface area contributed by atoms with Gasteiger partial charge in [0.25, 0.3) is 5.91 Å². The van der Waals surface area contributed by atoms with Crippen molar-refractivity contribution in [2.24, 2.45) is 0 Å². The smallest absolute Gasteiger partial charge is 0.269 e. The number of rotatable bonds is 8. The lowest BCUT2D eigenvalue weighted by Crippen LogP contribution is -2.42. The van der Waals surface area contributed by atoms with Gasteiger partial charge in [-0.2, -0.15) is 0 Å². The monoisotopic (exact) mass is 423 g/mol. The minimum atomic E-state index is -0.387. The zero-order valence-electron chi connectivity index (χ0n) is 16.4. The number of carbonyl (C=O) groups excluding carboxylic acids is 2. The van der Waals surface area contributed by atoms with Gasteiger partial charge in [-0.25, -0.2) is 0 Å². The van der Waals surface area contributed by atoms with E-state index in [-0.39, 0.29) is 17.6 Å². The van der Waals surface area contributed by atoms with Gasteiger partial charge in [0.15, 0.2) is 11.0 Å². The third-order valence-electron chi connectivity index (χ3n) is 4.06. The molecule has 0 aliphatic rings. The quantitative estimate of drug-likeness (QED) is 0.328. The van der Waals surface area contributed by atoms with E-state index in [1.807, 2.05) is 34.9 Å². The lowest BCUT2D eigenvalue weighted by Gasteiger charge is -2.11. The molecule has 9 heteroatoms. The molecule has 0 unspecified atom stereocenters. The number of amides is 2. The molecule has 0 atom stereocenters. The molecule has 0 bridgehead atoms. The van der Waals surface area contributed by atoms with Crippen molar-refractivity contribution in [2.75, 3.05) is 12.9 Å². The van der Waals surface area contributed by atoms with Gasteiger partial charge in [0.2, 0.25) is 5.91 Å². The number of ether oxygens (including phenoxy) is 1. The van der Waals surface area contributed by atoms with Gasteiger partial charge in [0.05, 0.1) is 18.4 Å². The van der Waals surface area contributed by atoms with Gasteiger partial charge in [0.1, 0.15) is 5.75 Å². The molecule has 0 aliphatic heterocycles. The Morgan fingerprint density at radius 1 is 1.10 bits per heavy atom. The van der Waals surface area contributed by atoms with Crippen LogP contribution in [0.15, 0.2) is 72.4 Å². The number of hydrogen-bond acceptors (Lipinski definition) is 6. The van der Waals surface area contributed by atoms with Crippen molar-refractivity contribution in [1.82, 2.24) is 25.6 Å². The van der Waals surface area contributed by atoms with Crippen molar-refractivity contribution in [1.29, 1.82) is 0 Å². The van der Waals surface area contributed by atoms with E-state index < -0.39 is 0 Å². The SMILES string of the molecule is C=CCn1c(SCC(=O)NNC(=O)c2ccccc2)nnc1-c1ccccc1OC. The first-order chi connectivity index (χ1) is 14.6. The summed E-state index contributed by atoms with van der Waals surface area (Å²) >= 11 is 1.21. The molecule has 0 radical (unpaired) electrons. The second-order valence-electron chi connectivity index (χ2n) is 6.06. The van der Waals surface area contributed by atoms with E-state index in [4.69, 9.17) is 4.74 Å². The number of thioether (sulfide) groups is 1. The van der Waals surface area contributed by atoms with Gasteiger partial charge in [-0.15, -0.1) is 16.8 Å². The maximum absolute atomic E-state index is 12.2. The summed E-state index contributed by atoms with van der Waals surface area (Å²) in [5, 5.41) is 9.03. The molecule has 8 nitrogen and oxygen atoms in total. The number of aromatic nitrogens is 3. The molecule has 3 rings (SSSR count). The Morgan fingerprint density at radius 2 is 1.83 bits per heavy atom. The Morgan fingerprint density at radius 3 is 2.57 bits per heavy atom. The van der Waals surface area contributed by atoms with Crippen molar-refractivity contribution in [3.05, 3.63) is 72.8 Å². The zero-order valence-corrected chi connectivity index (χ0v) is 17.2. The number of para-hydroxylation sites is 1. The van der Waals surface area contributed by atoms with Crippen molar-refractivity contribution >= 4 is 23.6 Å². The molecule has 2 amide bonds. The van der Waals surface area contributed by atoms with Crippen molar-refractivity contribution < 1.29 is 14.3 Å². The molecule has 3 aromatic rings. The molecule has 0 fully saturated rings. The third-order valence-corrected chi connectivity index (χ3v) is 5.03. The zero-order chi connectivity index (χ0) is 21.3. The molecule has 2 aromatic carbocycles. The van der Waals surface area contributed by atoms with Gasteiger partial charge in [-0.1, -0.05) is 48.2 Å². The first-order valence-electron chi connectivity index (χ1n) is 9.08. The number of carbonyl (C=O) groups is 2. The first kappa shape index (κ1) is 21.1. The molecule has 0 saturated heterocycles. The van der Waals surface area contributed by atoms with E-state index in [1.165, 1.54) is 11.8 Å². The maximum atomic E-state index is 12.2. The lowest BCUT2D eigenvalue weighted by atomic mass is 10.2. The van der Waals surface area contributed by atoms with Crippen molar-refractivity contribution in [2.45, 2.75) is 11.7 Å². The number of nitrogens with zero attached hydrogens (tertiary/aromatic N) is 3. The summed E-state index contributed by atoms with van der Waals surface area (Å²) < 4.78 is 7.27. The fraction of sp³-hybridized carbons (Fsp3) is 0.143. The van der Waals surface area contributed by atoms with Crippen LogP contribution < -0.4 is 15.6 Å². The highest BCUT2D eigenvalue weighted by molar-refractivity contribution is 7.99. The summed E-state index contributed by atoms with van der Waals surface area (Å²) in [5.74, 6) is 0.593. The van der Waals surface area contributed by atoms with Gasteiger partial charge < -0.3 is 4.74 Å². The average molecular weight is 423 g/mol. The fourth-order valence-corrected chi connectivity index (χ4v) is 3.42. The largest absolute Gasteiger partial charge is 0.496 e. The summed E-state index contributed by atoms with van der Waals surface area (Å²) in [6, 6.07) is 16.1. The Balaban J connectivity index is 1.65. The Bertz CT molecular complexity index is 1040. The number of hydrogen-bond donors (Lipinski definition) is 2. The molecule has 30 heavy (non-hydrogen) atoms. The second kappa shape index (κ2) is 10.3. The Labute approximate surface area is 178 Å².